The van der Waals surface area contributed by atoms with Crippen molar-refractivity contribution in [2.24, 2.45) is 0 Å². The van der Waals surface area contributed by atoms with Crippen LogP contribution in [0.5, 0.6) is 5.75 Å². The highest BCUT2D eigenvalue weighted by Crippen LogP contribution is 2.26. The smallest absolute Gasteiger partial charge is 0.257 e. The first-order valence-electron chi connectivity index (χ1n) is 9.04. The number of halogens is 1. The lowest BCUT2D eigenvalue weighted by Gasteiger charge is -2.09. The second kappa shape index (κ2) is 8.20. The van der Waals surface area contributed by atoms with Gasteiger partial charge in [0.15, 0.2) is 0 Å². The lowest BCUT2D eigenvalue weighted by atomic mass is 10.1. The summed E-state index contributed by atoms with van der Waals surface area (Å²) in [4.78, 5) is 17.4. The van der Waals surface area contributed by atoms with Gasteiger partial charge in [-0.05, 0) is 42.0 Å². The van der Waals surface area contributed by atoms with Crippen LogP contribution in [0.1, 0.15) is 15.9 Å². The summed E-state index contributed by atoms with van der Waals surface area (Å²) in [5.41, 5.74) is 3.71. The summed E-state index contributed by atoms with van der Waals surface area (Å²) >= 11 is 5.82. The summed E-state index contributed by atoms with van der Waals surface area (Å²) in [6, 6.07) is 23.6. The minimum atomic E-state index is -0.267. The number of imidazole rings is 1. The van der Waals surface area contributed by atoms with Gasteiger partial charge in [-0.25, -0.2) is 4.98 Å². The van der Waals surface area contributed by atoms with Crippen LogP contribution in [0.15, 0.2) is 85.1 Å². The molecular formula is C23H18ClN3O2. The van der Waals surface area contributed by atoms with Crippen molar-refractivity contribution in [1.82, 2.24) is 9.55 Å². The molecule has 6 heteroatoms. The third-order valence-electron chi connectivity index (χ3n) is 4.48. The van der Waals surface area contributed by atoms with Gasteiger partial charge in [0.05, 0.1) is 5.69 Å². The number of benzene rings is 3. The maximum absolute atomic E-state index is 12.8. The number of para-hydroxylation sites is 1. The van der Waals surface area contributed by atoms with Crippen LogP contribution in [0.25, 0.3) is 16.9 Å². The lowest BCUT2D eigenvalue weighted by molar-refractivity contribution is 0.102. The Labute approximate surface area is 173 Å². The number of nitrogens with zero attached hydrogens (tertiary/aromatic N) is 2. The number of aromatic hydroxyl groups is 1. The van der Waals surface area contributed by atoms with Crippen molar-refractivity contribution in [3.63, 3.8) is 0 Å². The molecule has 4 aromatic rings. The van der Waals surface area contributed by atoms with Crippen LogP contribution in [-0.4, -0.2) is 20.6 Å². The molecule has 3 aromatic carbocycles. The Kier molecular flexibility index (Phi) is 5.31. The van der Waals surface area contributed by atoms with E-state index in [0.29, 0.717) is 23.1 Å². The number of anilines is 1. The van der Waals surface area contributed by atoms with Crippen LogP contribution < -0.4 is 5.32 Å². The molecule has 0 saturated heterocycles. The Hall–Kier alpha value is -3.57. The highest BCUT2D eigenvalue weighted by Gasteiger charge is 2.15. The fourth-order valence-corrected chi connectivity index (χ4v) is 3.16. The molecule has 1 amide bonds. The topological polar surface area (TPSA) is 67.2 Å². The molecule has 144 valence electrons. The third kappa shape index (κ3) is 4.15. The number of alkyl halides is 1. The van der Waals surface area contributed by atoms with Crippen molar-refractivity contribution >= 4 is 23.5 Å². The Morgan fingerprint density at radius 3 is 2.45 bits per heavy atom. The molecule has 0 atom stereocenters. The largest absolute Gasteiger partial charge is 0.508 e. The van der Waals surface area contributed by atoms with Crippen LogP contribution in [0.4, 0.5) is 5.95 Å². The zero-order valence-corrected chi connectivity index (χ0v) is 16.2. The monoisotopic (exact) mass is 403 g/mol. The van der Waals surface area contributed by atoms with Gasteiger partial charge in [0.25, 0.3) is 5.91 Å². The molecular weight excluding hydrogens is 386 g/mol. The van der Waals surface area contributed by atoms with E-state index in [-0.39, 0.29) is 11.7 Å². The van der Waals surface area contributed by atoms with Crippen molar-refractivity contribution in [2.45, 2.75) is 5.88 Å². The van der Waals surface area contributed by atoms with Crippen LogP contribution in [-0.2, 0) is 5.88 Å². The fourth-order valence-electron chi connectivity index (χ4n) is 2.98. The van der Waals surface area contributed by atoms with Gasteiger partial charge in [0.2, 0.25) is 5.95 Å². The molecule has 0 unspecified atom stereocenters. The van der Waals surface area contributed by atoms with Crippen LogP contribution >= 0.6 is 11.6 Å². The first-order valence-corrected chi connectivity index (χ1v) is 9.58. The van der Waals surface area contributed by atoms with Crippen molar-refractivity contribution in [3.05, 3.63) is 96.2 Å². The summed E-state index contributed by atoms with van der Waals surface area (Å²) in [7, 11) is 0. The molecule has 0 saturated carbocycles. The molecule has 0 aliphatic heterocycles. The molecule has 4 rings (SSSR count). The van der Waals surface area contributed by atoms with Crippen molar-refractivity contribution in [2.75, 3.05) is 5.32 Å². The number of rotatable bonds is 5. The average molecular weight is 404 g/mol. The lowest BCUT2D eigenvalue weighted by Crippen LogP contribution is -2.15. The quantitative estimate of drug-likeness (QED) is 0.448. The normalized spacial score (nSPS) is 10.7. The second-order valence-electron chi connectivity index (χ2n) is 6.49. The highest BCUT2D eigenvalue weighted by atomic mass is 35.5. The number of nitrogens with one attached hydrogen (secondary N) is 1. The standard InChI is InChI=1S/C23H18ClN3O2/c24-14-16-9-11-17(12-10-16)22(29)26-23-25-21(18-5-4-8-20(28)13-18)15-27(23)19-6-2-1-3-7-19/h1-13,15,28H,14H2,(H,25,26,29). The number of phenolic OH excluding ortho intramolecular Hbond substituents is 1. The van der Waals surface area contributed by atoms with Gasteiger partial charge in [-0.3, -0.25) is 14.7 Å². The van der Waals surface area contributed by atoms with E-state index in [4.69, 9.17) is 11.6 Å². The Morgan fingerprint density at radius 2 is 1.76 bits per heavy atom. The van der Waals surface area contributed by atoms with E-state index in [9.17, 15) is 9.90 Å². The van der Waals surface area contributed by atoms with Crippen molar-refractivity contribution in [1.29, 1.82) is 0 Å². The minimum absolute atomic E-state index is 0.154. The number of aromatic nitrogens is 2. The predicted octanol–water partition coefficient (Wildman–Crippen LogP) is 5.24. The van der Waals surface area contributed by atoms with E-state index in [2.05, 4.69) is 10.3 Å². The van der Waals surface area contributed by atoms with Crippen LogP contribution in [0, 0.1) is 0 Å². The number of phenols is 1. The molecule has 5 nitrogen and oxygen atoms in total. The van der Waals surface area contributed by atoms with E-state index in [1.54, 1.807) is 30.3 Å². The molecule has 1 aromatic heterocycles. The summed E-state index contributed by atoms with van der Waals surface area (Å²) in [5.74, 6) is 0.673. The van der Waals surface area contributed by atoms with E-state index < -0.39 is 0 Å². The predicted molar refractivity (Wildman–Crippen MR) is 115 cm³/mol. The second-order valence-corrected chi connectivity index (χ2v) is 6.76. The highest BCUT2D eigenvalue weighted by molar-refractivity contribution is 6.17. The molecule has 0 radical (unpaired) electrons. The minimum Gasteiger partial charge on any atom is -0.508 e. The van der Waals surface area contributed by atoms with E-state index in [1.165, 1.54) is 0 Å². The van der Waals surface area contributed by atoms with Crippen LogP contribution in [0.3, 0.4) is 0 Å². The van der Waals surface area contributed by atoms with Gasteiger partial charge < -0.3 is 5.11 Å². The summed E-state index contributed by atoms with van der Waals surface area (Å²) in [5, 5.41) is 12.7. The van der Waals surface area contributed by atoms with E-state index in [0.717, 1.165) is 16.8 Å². The van der Waals surface area contributed by atoms with Crippen LogP contribution in [0.2, 0.25) is 0 Å². The van der Waals surface area contributed by atoms with Gasteiger partial charge in [-0.15, -0.1) is 11.6 Å². The number of amides is 1. The van der Waals surface area contributed by atoms with E-state index in [1.807, 2.05) is 59.3 Å². The van der Waals surface area contributed by atoms with Gasteiger partial charge in [-0.2, -0.15) is 0 Å². The van der Waals surface area contributed by atoms with Gasteiger partial charge in [0.1, 0.15) is 5.75 Å². The summed E-state index contributed by atoms with van der Waals surface area (Å²) in [6.45, 7) is 0. The van der Waals surface area contributed by atoms with E-state index >= 15 is 0 Å². The van der Waals surface area contributed by atoms with Gasteiger partial charge in [-0.1, -0.05) is 42.5 Å². The van der Waals surface area contributed by atoms with Crippen molar-refractivity contribution < 1.29 is 9.90 Å². The first kappa shape index (κ1) is 18.8. The molecule has 0 fully saturated rings. The first-order chi connectivity index (χ1) is 14.1. The number of carbonyl (C=O) groups is 1. The number of hydrogen-bond donors (Lipinski definition) is 2. The van der Waals surface area contributed by atoms with Gasteiger partial charge in [0, 0.05) is 28.9 Å². The molecule has 29 heavy (non-hydrogen) atoms. The average Bonchev–Trinajstić information content (AvgIpc) is 3.18. The molecule has 0 spiro atoms. The van der Waals surface area contributed by atoms with Crippen molar-refractivity contribution in [3.8, 4) is 22.7 Å². The Balaban J connectivity index is 1.71. The SMILES string of the molecule is O=C(Nc1nc(-c2cccc(O)c2)cn1-c1ccccc1)c1ccc(CCl)cc1. The van der Waals surface area contributed by atoms with Gasteiger partial charge >= 0.3 is 0 Å². The molecule has 0 aliphatic carbocycles. The maximum atomic E-state index is 12.8. The molecule has 1 heterocycles. The zero-order chi connectivity index (χ0) is 20.2. The summed E-state index contributed by atoms with van der Waals surface area (Å²) in [6.07, 6.45) is 1.83. The molecule has 2 N–H and O–H groups in total. The summed E-state index contributed by atoms with van der Waals surface area (Å²) < 4.78 is 1.81. The third-order valence-corrected chi connectivity index (χ3v) is 4.79. The number of hydrogen-bond acceptors (Lipinski definition) is 3. The Bertz CT molecular complexity index is 1140. The number of carbonyl (C=O) groups excluding carboxylic acids is 1. The Morgan fingerprint density at radius 1 is 1.00 bits per heavy atom. The molecule has 0 aliphatic rings. The fraction of sp³-hybridized carbons (Fsp3) is 0.0435. The maximum Gasteiger partial charge on any atom is 0.257 e. The molecule has 0 bridgehead atoms. The zero-order valence-electron chi connectivity index (χ0n) is 15.4.